The molecule has 4 nitrogen and oxygen atoms in total. The molecule has 0 aliphatic carbocycles. The van der Waals surface area contributed by atoms with Crippen LogP contribution in [0.2, 0.25) is 0 Å². The van der Waals surface area contributed by atoms with Gasteiger partial charge in [0.1, 0.15) is 5.01 Å². The van der Waals surface area contributed by atoms with Crippen molar-refractivity contribution in [1.82, 2.24) is 19.8 Å². The number of hydrogen-bond donors (Lipinski definition) is 0. The summed E-state index contributed by atoms with van der Waals surface area (Å²) < 4.78 is 1.84. The minimum absolute atomic E-state index is 0.832. The van der Waals surface area contributed by atoms with Crippen LogP contribution < -0.4 is 0 Å². The topological polar surface area (TPSA) is 43.1 Å². The Morgan fingerprint density at radius 2 is 2.06 bits per heavy atom. The highest BCUT2D eigenvalue weighted by Gasteiger charge is 2.11. The monoisotopic (exact) mass is 262 g/mol. The van der Waals surface area contributed by atoms with Crippen molar-refractivity contribution in [2.24, 2.45) is 0 Å². The third-order valence-electron chi connectivity index (χ3n) is 2.35. The van der Waals surface area contributed by atoms with Gasteiger partial charge in [-0.1, -0.05) is 41.7 Å². The molecule has 0 aliphatic rings. The van der Waals surface area contributed by atoms with Crippen molar-refractivity contribution in [3.8, 4) is 10.6 Å². The SMILES string of the molecule is CSCc1nnc2sc(-c3ccccc3)nn12. The molecule has 86 valence electrons. The van der Waals surface area contributed by atoms with Crippen LogP contribution in [0.3, 0.4) is 0 Å². The summed E-state index contributed by atoms with van der Waals surface area (Å²) in [5.41, 5.74) is 1.12. The minimum Gasteiger partial charge on any atom is -0.186 e. The molecule has 0 aliphatic heterocycles. The molecule has 0 spiro atoms. The van der Waals surface area contributed by atoms with Gasteiger partial charge in [0.2, 0.25) is 4.96 Å². The van der Waals surface area contributed by atoms with Crippen LogP contribution in [-0.4, -0.2) is 26.1 Å². The number of fused-ring (bicyclic) bond motifs is 1. The molecule has 6 heteroatoms. The smallest absolute Gasteiger partial charge is 0.186 e. The van der Waals surface area contributed by atoms with E-state index >= 15 is 0 Å². The van der Waals surface area contributed by atoms with E-state index in [4.69, 9.17) is 0 Å². The van der Waals surface area contributed by atoms with Crippen molar-refractivity contribution in [3.05, 3.63) is 36.2 Å². The molecule has 0 saturated carbocycles. The molecule has 0 amide bonds. The molecule has 3 rings (SSSR count). The molecule has 2 aromatic heterocycles. The van der Waals surface area contributed by atoms with Crippen molar-refractivity contribution < 1.29 is 0 Å². The molecule has 0 N–H and O–H groups in total. The average molecular weight is 262 g/mol. The van der Waals surface area contributed by atoms with Gasteiger partial charge in [-0.3, -0.25) is 0 Å². The quantitative estimate of drug-likeness (QED) is 0.728. The highest BCUT2D eigenvalue weighted by molar-refractivity contribution is 7.97. The van der Waals surface area contributed by atoms with Gasteiger partial charge in [-0.05, 0) is 6.26 Å². The lowest BCUT2D eigenvalue weighted by atomic mass is 10.2. The van der Waals surface area contributed by atoms with Crippen molar-refractivity contribution in [3.63, 3.8) is 0 Å². The Bertz CT molecular complexity index is 629. The molecule has 3 aromatic rings. The van der Waals surface area contributed by atoms with Crippen LogP contribution in [-0.2, 0) is 5.75 Å². The van der Waals surface area contributed by atoms with Gasteiger partial charge in [0.15, 0.2) is 5.82 Å². The third-order valence-corrected chi connectivity index (χ3v) is 3.84. The van der Waals surface area contributed by atoms with Crippen LogP contribution in [0, 0.1) is 0 Å². The fraction of sp³-hybridized carbons (Fsp3) is 0.182. The maximum atomic E-state index is 4.56. The predicted molar refractivity (Wildman–Crippen MR) is 71.3 cm³/mol. The zero-order chi connectivity index (χ0) is 11.7. The molecule has 0 saturated heterocycles. The molecule has 0 unspecified atom stereocenters. The Hall–Kier alpha value is -1.40. The second-order valence-electron chi connectivity index (χ2n) is 3.52. The van der Waals surface area contributed by atoms with Crippen molar-refractivity contribution in [2.75, 3.05) is 6.26 Å². The number of nitrogens with zero attached hydrogens (tertiary/aromatic N) is 4. The van der Waals surface area contributed by atoms with Gasteiger partial charge in [0.25, 0.3) is 0 Å². The molecule has 0 radical (unpaired) electrons. The molecule has 0 atom stereocenters. The summed E-state index contributed by atoms with van der Waals surface area (Å²) >= 11 is 3.29. The average Bonchev–Trinajstić information content (AvgIpc) is 2.93. The summed E-state index contributed by atoms with van der Waals surface area (Å²) in [6.45, 7) is 0. The largest absolute Gasteiger partial charge is 0.235 e. The van der Waals surface area contributed by atoms with Gasteiger partial charge in [-0.15, -0.1) is 10.2 Å². The Morgan fingerprint density at radius 1 is 1.24 bits per heavy atom. The van der Waals surface area contributed by atoms with Gasteiger partial charge in [0, 0.05) is 5.56 Å². The summed E-state index contributed by atoms with van der Waals surface area (Å²) in [6, 6.07) is 10.1. The Kier molecular flexibility index (Phi) is 2.82. The summed E-state index contributed by atoms with van der Waals surface area (Å²) in [5, 5.41) is 13.8. The Balaban J connectivity index is 2.08. The van der Waals surface area contributed by atoms with E-state index < -0.39 is 0 Å². The zero-order valence-electron chi connectivity index (χ0n) is 9.20. The normalized spacial score (nSPS) is 11.1. The standard InChI is InChI=1S/C11H10N4S2/c1-16-7-9-12-13-11-15(9)14-10(17-11)8-5-3-2-4-6-8/h2-6H,7H2,1H3. The van der Waals surface area contributed by atoms with E-state index in [1.54, 1.807) is 23.1 Å². The summed E-state index contributed by atoms with van der Waals surface area (Å²) in [4.78, 5) is 0.855. The first kappa shape index (κ1) is 10.7. The van der Waals surface area contributed by atoms with Gasteiger partial charge in [0.05, 0.1) is 5.75 Å². The van der Waals surface area contributed by atoms with Crippen LogP contribution in [0.4, 0.5) is 0 Å². The van der Waals surface area contributed by atoms with Crippen LogP contribution in [0.5, 0.6) is 0 Å². The fourth-order valence-corrected chi connectivity index (χ4v) is 2.88. The number of rotatable bonds is 3. The van der Waals surface area contributed by atoms with Crippen molar-refractivity contribution in [2.45, 2.75) is 5.75 Å². The van der Waals surface area contributed by atoms with Gasteiger partial charge in [-0.2, -0.15) is 21.4 Å². The summed E-state index contributed by atoms with van der Waals surface area (Å²) in [5.74, 6) is 1.74. The molecular weight excluding hydrogens is 252 g/mol. The highest BCUT2D eigenvalue weighted by atomic mass is 32.2. The van der Waals surface area contributed by atoms with E-state index in [1.165, 1.54) is 0 Å². The zero-order valence-corrected chi connectivity index (χ0v) is 10.8. The lowest BCUT2D eigenvalue weighted by Gasteiger charge is -1.93. The van der Waals surface area contributed by atoms with E-state index in [2.05, 4.69) is 27.4 Å². The minimum atomic E-state index is 0.832. The Morgan fingerprint density at radius 3 is 2.82 bits per heavy atom. The first-order chi connectivity index (χ1) is 8.38. The maximum absolute atomic E-state index is 4.56. The van der Waals surface area contributed by atoms with E-state index in [9.17, 15) is 0 Å². The molecule has 0 bridgehead atoms. The van der Waals surface area contributed by atoms with Crippen LogP contribution in [0.25, 0.3) is 15.5 Å². The lowest BCUT2D eigenvalue weighted by molar-refractivity contribution is 0.888. The van der Waals surface area contributed by atoms with E-state index in [-0.39, 0.29) is 0 Å². The molecular formula is C11H10N4S2. The summed E-state index contributed by atoms with van der Waals surface area (Å²) in [6.07, 6.45) is 2.05. The number of thioether (sulfide) groups is 1. The molecule has 1 aromatic carbocycles. The second-order valence-corrected chi connectivity index (χ2v) is 5.34. The third kappa shape index (κ3) is 1.94. The van der Waals surface area contributed by atoms with E-state index in [1.807, 2.05) is 29.0 Å². The van der Waals surface area contributed by atoms with E-state index in [0.29, 0.717) is 0 Å². The molecule has 17 heavy (non-hydrogen) atoms. The first-order valence-electron chi connectivity index (χ1n) is 5.14. The highest BCUT2D eigenvalue weighted by Crippen LogP contribution is 2.25. The van der Waals surface area contributed by atoms with Gasteiger partial charge in [-0.25, -0.2) is 0 Å². The molecule has 0 fully saturated rings. The van der Waals surface area contributed by atoms with E-state index in [0.717, 1.165) is 27.1 Å². The fourth-order valence-electron chi connectivity index (χ4n) is 1.57. The van der Waals surface area contributed by atoms with Crippen LogP contribution in [0.15, 0.2) is 30.3 Å². The van der Waals surface area contributed by atoms with Gasteiger partial charge >= 0.3 is 0 Å². The number of benzene rings is 1. The van der Waals surface area contributed by atoms with Gasteiger partial charge < -0.3 is 0 Å². The molecule has 2 heterocycles. The second kappa shape index (κ2) is 4.46. The first-order valence-corrected chi connectivity index (χ1v) is 7.35. The van der Waals surface area contributed by atoms with Crippen LogP contribution >= 0.6 is 23.1 Å². The maximum Gasteiger partial charge on any atom is 0.235 e. The lowest BCUT2D eigenvalue weighted by Crippen LogP contribution is -1.93. The van der Waals surface area contributed by atoms with Crippen LogP contribution in [0.1, 0.15) is 5.82 Å². The number of hydrogen-bond acceptors (Lipinski definition) is 5. The number of aromatic nitrogens is 4. The van der Waals surface area contributed by atoms with Crippen molar-refractivity contribution >= 4 is 28.1 Å². The Labute approximate surface area is 107 Å². The summed E-state index contributed by atoms with van der Waals surface area (Å²) in [7, 11) is 0. The van der Waals surface area contributed by atoms with Crippen molar-refractivity contribution in [1.29, 1.82) is 0 Å². The predicted octanol–water partition coefficient (Wildman–Crippen LogP) is 2.72.